The normalized spacial score (nSPS) is 18.3. The summed E-state index contributed by atoms with van der Waals surface area (Å²) in [5.74, 6) is -1.19. The summed E-state index contributed by atoms with van der Waals surface area (Å²) in [6, 6.07) is 6.22. The third-order valence-corrected chi connectivity index (χ3v) is 5.93. The third kappa shape index (κ3) is 4.22. The van der Waals surface area contributed by atoms with Crippen LogP contribution in [0, 0.1) is 0 Å². The Morgan fingerprint density at radius 2 is 1.90 bits per heavy atom. The molecule has 156 valence electrons. The number of halogens is 1. The summed E-state index contributed by atoms with van der Waals surface area (Å²) in [6.45, 7) is -0.576. The Morgan fingerprint density at radius 3 is 2.55 bits per heavy atom. The number of amides is 5. The molecule has 2 fully saturated rings. The fourth-order valence-electron chi connectivity index (χ4n) is 4.00. The van der Waals surface area contributed by atoms with E-state index in [9.17, 15) is 19.2 Å². The number of likely N-dealkylation sites (N-methyl/N-ethyl adjacent to an activating group) is 2. The van der Waals surface area contributed by atoms with Crippen LogP contribution in [0.4, 0.5) is 10.5 Å². The number of urea groups is 1. The highest BCUT2D eigenvalue weighted by molar-refractivity contribution is 6.30. The molecule has 2 aliphatic rings. The summed E-state index contributed by atoms with van der Waals surface area (Å²) in [4.78, 5) is 54.0. The van der Waals surface area contributed by atoms with Gasteiger partial charge in [0.25, 0.3) is 5.91 Å². The van der Waals surface area contributed by atoms with Crippen molar-refractivity contribution in [2.75, 3.05) is 32.5 Å². The molecule has 8 nitrogen and oxygen atoms in total. The van der Waals surface area contributed by atoms with E-state index in [1.807, 2.05) is 0 Å². The minimum atomic E-state index is -0.821. The molecule has 0 aromatic heterocycles. The van der Waals surface area contributed by atoms with Crippen molar-refractivity contribution in [3.63, 3.8) is 0 Å². The summed E-state index contributed by atoms with van der Waals surface area (Å²) in [5, 5.41) is 3.15. The van der Waals surface area contributed by atoms with E-state index in [1.165, 1.54) is 16.8 Å². The molecule has 1 saturated heterocycles. The van der Waals surface area contributed by atoms with Crippen LogP contribution in [-0.2, 0) is 14.4 Å². The number of hydrogen-bond donors (Lipinski definition) is 1. The lowest BCUT2D eigenvalue weighted by molar-refractivity contribution is -0.140. The first-order chi connectivity index (χ1) is 13.7. The lowest BCUT2D eigenvalue weighted by Gasteiger charge is -2.35. The van der Waals surface area contributed by atoms with Crippen molar-refractivity contribution in [1.82, 2.24) is 14.7 Å². The van der Waals surface area contributed by atoms with E-state index >= 15 is 0 Å². The summed E-state index contributed by atoms with van der Waals surface area (Å²) < 4.78 is 0. The molecule has 9 heteroatoms. The summed E-state index contributed by atoms with van der Waals surface area (Å²) >= 11 is 5.89. The Hall–Kier alpha value is -2.61. The Morgan fingerprint density at radius 1 is 1.21 bits per heavy atom. The van der Waals surface area contributed by atoms with E-state index in [-0.39, 0.29) is 19.0 Å². The minimum Gasteiger partial charge on any atom is -0.335 e. The van der Waals surface area contributed by atoms with Crippen LogP contribution >= 0.6 is 11.6 Å². The van der Waals surface area contributed by atoms with Gasteiger partial charge in [0.2, 0.25) is 11.8 Å². The van der Waals surface area contributed by atoms with Crippen LogP contribution < -0.4 is 5.32 Å². The Bertz CT molecular complexity index is 838. The topological polar surface area (TPSA) is 90.0 Å². The van der Waals surface area contributed by atoms with Gasteiger partial charge >= 0.3 is 6.03 Å². The van der Waals surface area contributed by atoms with Crippen LogP contribution in [-0.4, -0.2) is 71.2 Å². The largest absolute Gasteiger partial charge is 0.335 e. The van der Waals surface area contributed by atoms with Crippen molar-refractivity contribution >= 4 is 41.0 Å². The van der Waals surface area contributed by atoms with Gasteiger partial charge in [0.15, 0.2) is 0 Å². The second kappa shape index (κ2) is 8.41. The predicted molar refractivity (Wildman–Crippen MR) is 108 cm³/mol. The van der Waals surface area contributed by atoms with Gasteiger partial charge in [-0.25, -0.2) is 4.79 Å². The van der Waals surface area contributed by atoms with Crippen molar-refractivity contribution in [1.29, 1.82) is 0 Å². The van der Waals surface area contributed by atoms with E-state index in [0.717, 1.165) is 24.2 Å². The average Bonchev–Trinajstić information content (AvgIpc) is 2.84. The van der Waals surface area contributed by atoms with Gasteiger partial charge in [-0.15, -0.1) is 0 Å². The molecule has 1 N–H and O–H groups in total. The second-order valence-electron chi connectivity index (χ2n) is 7.63. The molecule has 0 bridgehead atoms. The molecule has 1 aliphatic carbocycles. The number of imide groups is 1. The summed E-state index contributed by atoms with van der Waals surface area (Å²) in [6.07, 6.45) is 4.05. The molecule has 1 heterocycles. The van der Waals surface area contributed by atoms with Gasteiger partial charge in [0, 0.05) is 24.8 Å². The number of benzene rings is 1. The fraction of sp³-hybridized carbons (Fsp3) is 0.500. The lowest BCUT2D eigenvalue weighted by Crippen LogP contribution is -2.49. The first-order valence-electron chi connectivity index (χ1n) is 9.64. The predicted octanol–water partition coefficient (Wildman–Crippen LogP) is 2.33. The van der Waals surface area contributed by atoms with Gasteiger partial charge in [-0.2, -0.15) is 0 Å². The zero-order chi connectivity index (χ0) is 21.2. The highest BCUT2D eigenvalue weighted by Crippen LogP contribution is 2.39. The molecule has 1 spiro atoms. The highest BCUT2D eigenvalue weighted by atomic mass is 35.5. The monoisotopic (exact) mass is 420 g/mol. The van der Waals surface area contributed by atoms with Crippen LogP contribution in [0.5, 0.6) is 0 Å². The molecular formula is C20H25ClN4O4. The zero-order valence-corrected chi connectivity index (χ0v) is 17.4. The number of rotatable bonds is 5. The third-order valence-electron chi connectivity index (χ3n) is 5.69. The number of anilines is 1. The standard InChI is InChI=1S/C20H25ClN4O4/c1-23(12-16(26)22-15-8-6-7-14(21)11-15)17(27)13-25-18(28)20(24(2)19(25)29)9-4-3-5-10-20/h6-8,11H,3-5,9-10,12-13H2,1-2H3,(H,22,26). The smallest absolute Gasteiger partial charge is 0.327 e. The Labute approximate surface area is 174 Å². The maximum absolute atomic E-state index is 13.0. The highest BCUT2D eigenvalue weighted by Gasteiger charge is 2.55. The molecular weight excluding hydrogens is 396 g/mol. The number of carbonyl (C=O) groups excluding carboxylic acids is 4. The van der Waals surface area contributed by atoms with Crippen molar-refractivity contribution in [3.05, 3.63) is 29.3 Å². The molecule has 1 aromatic rings. The first-order valence-corrected chi connectivity index (χ1v) is 10.0. The van der Waals surface area contributed by atoms with Gasteiger partial charge < -0.3 is 15.1 Å². The van der Waals surface area contributed by atoms with Crippen molar-refractivity contribution in [2.24, 2.45) is 0 Å². The number of hydrogen-bond acceptors (Lipinski definition) is 4. The van der Waals surface area contributed by atoms with Gasteiger partial charge in [0.05, 0.1) is 6.54 Å². The van der Waals surface area contributed by atoms with Crippen molar-refractivity contribution < 1.29 is 19.2 Å². The van der Waals surface area contributed by atoms with Gasteiger partial charge in [-0.1, -0.05) is 36.9 Å². The SMILES string of the molecule is CN(CC(=O)Nc1cccc(Cl)c1)C(=O)CN1C(=O)N(C)C2(CCCCC2)C1=O. The molecule has 3 rings (SSSR count). The zero-order valence-electron chi connectivity index (χ0n) is 16.6. The van der Waals surface area contributed by atoms with Gasteiger partial charge in [0.1, 0.15) is 12.1 Å². The van der Waals surface area contributed by atoms with Gasteiger partial charge in [-0.3, -0.25) is 19.3 Å². The van der Waals surface area contributed by atoms with Crippen LogP contribution in [0.25, 0.3) is 0 Å². The quantitative estimate of drug-likeness (QED) is 0.740. The lowest BCUT2D eigenvalue weighted by atomic mass is 9.81. The maximum Gasteiger partial charge on any atom is 0.327 e. The molecule has 1 saturated carbocycles. The van der Waals surface area contributed by atoms with Crippen LogP contribution in [0.1, 0.15) is 32.1 Å². The first kappa shape index (κ1) is 21.1. The number of nitrogens with one attached hydrogen (secondary N) is 1. The fourth-order valence-corrected chi connectivity index (χ4v) is 4.19. The molecule has 0 atom stereocenters. The van der Waals surface area contributed by atoms with E-state index < -0.39 is 23.4 Å². The number of nitrogens with zero attached hydrogens (tertiary/aromatic N) is 3. The van der Waals surface area contributed by atoms with E-state index in [2.05, 4.69) is 5.32 Å². The van der Waals surface area contributed by atoms with Crippen LogP contribution in [0.3, 0.4) is 0 Å². The average molecular weight is 421 g/mol. The van der Waals surface area contributed by atoms with Crippen molar-refractivity contribution in [2.45, 2.75) is 37.6 Å². The van der Waals surface area contributed by atoms with Crippen molar-refractivity contribution in [3.8, 4) is 0 Å². The molecule has 1 aromatic carbocycles. The molecule has 5 amide bonds. The Balaban J connectivity index is 1.59. The van der Waals surface area contributed by atoms with E-state index in [1.54, 1.807) is 31.3 Å². The van der Waals surface area contributed by atoms with E-state index in [4.69, 9.17) is 11.6 Å². The molecule has 29 heavy (non-hydrogen) atoms. The van der Waals surface area contributed by atoms with E-state index in [0.29, 0.717) is 23.6 Å². The number of carbonyl (C=O) groups is 4. The molecule has 0 radical (unpaired) electrons. The Kier molecular flexibility index (Phi) is 6.12. The van der Waals surface area contributed by atoms with Crippen LogP contribution in [0.15, 0.2) is 24.3 Å². The summed E-state index contributed by atoms with van der Waals surface area (Å²) in [7, 11) is 3.09. The molecule has 1 aliphatic heterocycles. The minimum absolute atomic E-state index is 0.206. The second-order valence-corrected chi connectivity index (χ2v) is 8.07. The maximum atomic E-state index is 13.0. The summed E-state index contributed by atoms with van der Waals surface area (Å²) in [5.41, 5.74) is -0.299. The van der Waals surface area contributed by atoms with Crippen LogP contribution in [0.2, 0.25) is 5.02 Å². The van der Waals surface area contributed by atoms with Gasteiger partial charge in [-0.05, 0) is 31.0 Å². The molecule has 0 unspecified atom stereocenters.